The third-order valence-corrected chi connectivity index (χ3v) is 4.42. The zero-order chi connectivity index (χ0) is 19.2. The number of rotatable bonds is 5. The fourth-order valence-electron chi connectivity index (χ4n) is 3.02. The van der Waals surface area contributed by atoms with Gasteiger partial charge in [0.2, 0.25) is 5.91 Å². The van der Waals surface area contributed by atoms with E-state index in [1.807, 2.05) is 54.6 Å². The summed E-state index contributed by atoms with van der Waals surface area (Å²) in [6.45, 7) is 0.729. The normalized spacial score (nSPS) is 14.6. The number of imide groups is 1. The molecular weight excluding hydrogens is 344 g/mol. The number of hydrogen-bond donors (Lipinski definition) is 3. The molecular formula is C20H22N4O3. The highest BCUT2D eigenvalue weighted by atomic mass is 16.2. The van der Waals surface area contributed by atoms with E-state index in [9.17, 15) is 14.4 Å². The van der Waals surface area contributed by atoms with Crippen molar-refractivity contribution in [3.05, 3.63) is 60.2 Å². The maximum absolute atomic E-state index is 12.5. The maximum atomic E-state index is 12.5. The number of anilines is 2. The van der Waals surface area contributed by atoms with Gasteiger partial charge < -0.3 is 15.5 Å². The van der Waals surface area contributed by atoms with Crippen LogP contribution in [0.4, 0.5) is 16.2 Å². The molecule has 1 saturated heterocycles. The van der Waals surface area contributed by atoms with Crippen LogP contribution in [-0.4, -0.2) is 31.4 Å². The lowest BCUT2D eigenvalue weighted by Gasteiger charge is -2.21. The van der Waals surface area contributed by atoms with Gasteiger partial charge in [-0.2, -0.15) is 0 Å². The fourth-order valence-corrected chi connectivity index (χ4v) is 3.02. The Hall–Kier alpha value is -3.35. The van der Waals surface area contributed by atoms with E-state index in [2.05, 4.69) is 16.0 Å². The van der Waals surface area contributed by atoms with Crippen molar-refractivity contribution in [3.63, 3.8) is 0 Å². The molecule has 3 rings (SSSR count). The highest BCUT2D eigenvalue weighted by molar-refractivity contribution is 5.99. The van der Waals surface area contributed by atoms with E-state index in [4.69, 9.17) is 0 Å². The van der Waals surface area contributed by atoms with Gasteiger partial charge in [0.1, 0.15) is 6.04 Å². The molecule has 0 radical (unpaired) electrons. The second-order valence-corrected chi connectivity index (χ2v) is 6.25. The summed E-state index contributed by atoms with van der Waals surface area (Å²) in [6.07, 6.45) is 1.45. The lowest BCUT2D eigenvalue weighted by atomic mass is 10.1. The van der Waals surface area contributed by atoms with E-state index in [0.717, 1.165) is 24.2 Å². The first-order valence-corrected chi connectivity index (χ1v) is 8.83. The zero-order valence-corrected chi connectivity index (χ0v) is 15.1. The summed E-state index contributed by atoms with van der Waals surface area (Å²) < 4.78 is 0. The highest BCUT2D eigenvalue weighted by Crippen LogP contribution is 2.25. The van der Waals surface area contributed by atoms with E-state index in [0.29, 0.717) is 12.1 Å². The molecule has 0 aliphatic carbocycles. The molecule has 1 atom stereocenters. The quantitative estimate of drug-likeness (QED) is 0.758. The van der Waals surface area contributed by atoms with E-state index < -0.39 is 18.0 Å². The number of amides is 4. The van der Waals surface area contributed by atoms with Gasteiger partial charge in [0, 0.05) is 31.4 Å². The minimum Gasteiger partial charge on any atom is -0.370 e. The molecule has 1 aliphatic rings. The van der Waals surface area contributed by atoms with Gasteiger partial charge in [0.15, 0.2) is 0 Å². The number of benzene rings is 2. The molecule has 140 valence electrons. The van der Waals surface area contributed by atoms with Crippen molar-refractivity contribution in [2.75, 3.05) is 23.8 Å². The SMILES string of the molecule is CNC(=O)NC(=O)[C@H](Nc1ccc(N2CCCC2=O)cc1)c1ccccc1. The van der Waals surface area contributed by atoms with Gasteiger partial charge in [0.05, 0.1) is 0 Å². The Kier molecular flexibility index (Phi) is 5.71. The average Bonchev–Trinajstić information content (AvgIpc) is 3.13. The van der Waals surface area contributed by atoms with Gasteiger partial charge in [0.25, 0.3) is 5.91 Å². The van der Waals surface area contributed by atoms with Crippen LogP contribution in [0.5, 0.6) is 0 Å². The van der Waals surface area contributed by atoms with Crippen LogP contribution in [0, 0.1) is 0 Å². The first kappa shape index (κ1) is 18.4. The second-order valence-electron chi connectivity index (χ2n) is 6.25. The van der Waals surface area contributed by atoms with Crippen molar-refractivity contribution in [2.24, 2.45) is 0 Å². The molecule has 1 fully saturated rings. The first-order valence-electron chi connectivity index (χ1n) is 8.83. The van der Waals surface area contributed by atoms with Gasteiger partial charge in [-0.3, -0.25) is 14.9 Å². The number of nitrogens with zero attached hydrogens (tertiary/aromatic N) is 1. The smallest absolute Gasteiger partial charge is 0.321 e. The Labute approximate surface area is 157 Å². The molecule has 7 heteroatoms. The number of urea groups is 1. The third kappa shape index (κ3) is 4.44. The number of nitrogens with one attached hydrogen (secondary N) is 3. The van der Waals surface area contributed by atoms with E-state index in [1.165, 1.54) is 7.05 Å². The van der Waals surface area contributed by atoms with Crippen LogP contribution in [0.2, 0.25) is 0 Å². The molecule has 0 saturated carbocycles. The average molecular weight is 366 g/mol. The lowest BCUT2D eigenvalue weighted by molar-refractivity contribution is -0.121. The third-order valence-electron chi connectivity index (χ3n) is 4.42. The van der Waals surface area contributed by atoms with Crippen LogP contribution in [0.25, 0.3) is 0 Å². The molecule has 3 N–H and O–H groups in total. The molecule has 0 bridgehead atoms. The molecule has 1 heterocycles. The largest absolute Gasteiger partial charge is 0.370 e. The molecule has 2 aromatic rings. The predicted molar refractivity (Wildman–Crippen MR) is 103 cm³/mol. The van der Waals surface area contributed by atoms with Crippen molar-refractivity contribution in [3.8, 4) is 0 Å². The highest BCUT2D eigenvalue weighted by Gasteiger charge is 2.23. The van der Waals surface area contributed by atoms with Crippen molar-refractivity contribution in [2.45, 2.75) is 18.9 Å². The molecule has 1 aliphatic heterocycles. The zero-order valence-electron chi connectivity index (χ0n) is 15.1. The van der Waals surface area contributed by atoms with Crippen LogP contribution < -0.4 is 20.9 Å². The monoisotopic (exact) mass is 366 g/mol. The predicted octanol–water partition coefficient (Wildman–Crippen LogP) is 2.42. The Morgan fingerprint density at radius 3 is 2.33 bits per heavy atom. The maximum Gasteiger partial charge on any atom is 0.321 e. The number of hydrogen-bond acceptors (Lipinski definition) is 4. The molecule has 7 nitrogen and oxygen atoms in total. The summed E-state index contributed by atoms with van der Waals surface area (Å²) in [5.74, 6) is -0.331. The van der Waals surface area contributed by atoms with E-state index in [1.54, 1.807) is 4.90 Å². The molecule has 0 spiro atoms. The number of carbonyl (C=O) groups excluding carboxylic acids is 3. The van der Waals surface area contributed by atoms with E-state index >= 15 is 0 Å². The Morgan fingerprint density at radius 2 is 1.74 bits per heavy atom. The molecule has 4 amide bonds. The fraction of sp³-hybridized carbons (Fsp3) is 0.250. The second kappa shape index (κ2) is 8.35. The number of carbonyl (C=O) groups is 3. The Morgan fingerprint density at radius 1 is 1.04 bits per heavy atom. The standard InChI is InChI=1S/C20H22N4O3/c1-21-20(27)23-19(26)18(14-6-3-2-4-7-14)22-15-9-11-16(12-10-15)24-13-5-8-17(24)25/h2-4,6-7,9-12,18,22H,5,8,13H2,1H3,(H2,21,23,26,27)/t18-/m1/s1. The summed E-state index contributed by atoms with van der Waals surface area (Å²) >= 11 is 0. The Balaban J connectivity index is 1.78. The van der Waals surface area contributed by atoms with Crippen LogP contribution in [0.1, 0.15) is 24.4 Å². The summed E-state index contributed by atoms with van der Waals surface area (Å²) in [4.78, 5) is 37.7. The van der Waals surface area contributed by atoms with Crippen LogP contribution >= 0.6 is 0 Å². The minimum absolute atomic E-state index is 0.128. The van der Waals surface area contributed by atoms with Gasteiger partial charge in [-0.1, -0.05) is 30.3 Å². The Bertz CT molecular complexity index is 821. The summed E-state index contributed by atoms with van der Waals surface area (Å²) in [5.41, 5.74) is 2.29. The minimum atomic E-state index is -0.734. The molecule has 27 heavy (non-hydrogen) atoms. The van der Waals surface area contributed by atoms with Gasteiger partial charge in [-0.25, -0.2) is 4.79 Å². The lowest BCUT2D eigenvalue weighted by Crippen LogP contribution is -2.42. The molecule has 2 aromatic carbocycles. The van der Waals surface area contributed by atoms with Crippen molar-refractivity contribution in [1.82, 2.24) is 10.6 Å². The molecule has 0 unspecified atom stereocenters. The van der Waals surface area contributed by atoms with Crippen molar-refractivity contribution >= 4 is 29.2 Å². The van der Waals surface area contributed by atoms with Crippen molar-refractivity contribution < 1.29 is 14.4 Å². The van der Waals surface area contributed by atoms with E-state index in [-0.39, 0.29) is 5.91 Å². The van der Waals surface area contributed by atoms with Gasteiger partial charge in [-0.05, 0) is 36.2 Å². The van der Waals surface area contributed by atoms with Crippen LogP contribution in [-0.2, 0) is 9.59 Å². The summed E-state index contributed by atoms with van der Waals surface area (Å²) in [5, 5.41) is 7.84. The summed E-state index contributed by atoms with van der Waals surface area (Å²) in [6, 6.07) is 15.2. The first-order chi connectivity index (χ1) is 13.1. The topological polar surface area (TPSA) is 90.5 Å². The van der Waals surface area contributed by atoms with Crippen LogP contribution in [0.3, 0.4) is 0 Å². The molecule has 0 aromatic heterocycles. The summed E-state index contributed by atoms with van der Waals surface area (Å²) in [7, 11) is 1.45. The van der Waals surface area contributed by atoms with Gasteiger partial charge >= 0.3 is 6.03 Å². The van der Waals surface area contributed by atoms with Crippen LogP contribution in [0.15, 0.2) is 54.6 Å². The van der Waals surface area contributed by atoms with Gasteiger partial charge in [-0.15, -0.1) is 0 Å². The van der Waals surface area contributed by atoms with Crippen molar-refractivity contribution in [1.29, 1.82) is 0 Å².